The first-order valence-electron chi connectivity index (χ1n) is 6.15. The highest BCUT2D eigenvalue weighted by Crippen LogP contribution is 2.21. The smallest absolute Gasteiger partial charge is 0.219 e. The van der Waals surface area contributed by atoms with Crippen molar-refractivity contribution in [3.05, 3.63) is 65.6 Å². The van der Waals surface area contributed by atoms with Crippen molar-refractivity contribution in [2.45, 2.75) is 0 Å². The van der Waals surface area contributed by atoms with E-state index < -0.39 is 0 Å². The molecule has 3 rings (SSSR count). The lowest BCUT2D eigenvalue weighted by Crippen LogP contribution is -2.01. The highest BCUT2D eigenvalue weighted by atomic mass is 16.1. The Morgan fingerprint density at radius 2 is 2.00 bits per heavy atom. The number of hydrogen-bond acceptors (Lipinski definition) is 2. The first kappa shape index (κ1) is 12.0. The molecular formula is C16H11N3O. The lowest BCUT2D eigenvalue weighted by molar-refractivity contribution is 0.103. The van der Waals surface area contributed by atoms with Crippen LogP contribution in [0.4, 0.5) is 0 Å². The zero-order valence-corrected chi connectivity index (χ0v) is 10.6. The van der Waals surface area contributed by atoms with Gasteiger partial charge in [0.15, 0.2) is 0 Å². The maximum absolute atomic E-state index is 12.2. The molecule has 0 aliphatic heterocycles. The normalized spacial score (nSPS) is 11.4. The second kappa shape index (κ2) is 4.90. The second-order valence-electron chi connectivity index (χ2n) is 4.37. The number of nitriles is 1. The highest BCUT2D eigenvalue weighted by molar-refractivity contribution is 6.13. The van der Waals surface area contributed by atoms with Gasteiger partial charge in [-0.25, -0.2) is 0 Å². The number of benzene rings is 1. The van der Waals surface area contributed by atoms with Crippen molar-refractivity contribution in [1.29, 1.82) is 5.26 Å². The molecule has 0 saturated heterocycles. The number of Topliss-reactive ketones (excluding diaryl/α,β-unsaturated/α-hetero) is 1. The van der Waals surface area contributed by atoms with Crippen LogP contribution in [0.25, 0.3) is 17.0 Å². The third-order valence-electron chi connectivity index (χ3n) is 3.13. The maximum Gasteiger partial charge on any atom is 0.219 e. The van der Waals surface area contributed by atoms with Crippen molar-refractivity contribution >= 4 is 22.8 Å². The van der Waals surface area contributed by atoms with Crippen LogP contribution in [0.3, 0.4) is 0 Å². The van der Waals surface area contributed by atoms with Crippen LogP contribution in [0.5, 0.6) is 0 Å². The SMILES string of the molecule is N#C/C(=C\c1c[nH]c2ccccc12)C(=O)c1ccc[nH]1. The lowest BCUT2D eigenvalue weighted by atomic mass is 10.1. The average molecular weight is 261 g/mol. The van der Waals surface area contributed by atoms with E-state index in [1.165, 1.54) is 0 Å². The average Bonchev–Trinajstić information content (AvgIpc) is 3.14. The molecule has 0 radical (unpaired) electrons. The fraction of sp³-hybridized carbons (Fsp3) is 0. The molecule has 0 aliphatic carbocycles. The molecule has 0 unspecified atom stereocenters. The van der Waals surface area contributed by atoms with E-state index in [2.05, 4.69) is 9.97 Å². The van der Waals surface area contributed by atoms with E-state index in [0.717, 1.165) is 16.5 Å². The van der Waals surface area contributed by atoms with Crippen LogP contribution >= 0.6 is 0 Å². The second-order valence-corrected chi connectivity index (χ2v) is 4.37. The Bertz CT molecular complexity index is 832. The number of nitrogens with zero attached hydrogens (tertiary/aromatic N) is 1. The Hall–Kier alpha value is -3.06. The van der Waals surface area contributed by atoms with Gasteiger partial charge >= 0.3 is 0 Å². The van der Waals surface area contributed by atoms with E-state index in [9.17, 15) is 10.1 Å². The fourth-order valence-corrected chi connectivity index (χ4v) is 2.13. The number of carbonyl (C=O) groups is 1. The number of allylic oxidation sites excluding steroid dienone is 1. The fourth-order valence-electron chi connectivity index (χ4n) is 2.13. The standard InChI is InChI=1S/C16H11N3O/c17-9-11(16(20)15-6-3-7-18-15)8-12-10-19-14-5-2-1-4-13(12)14/h1-8,10,18-19H/b11-8+. The molecule has 1 aromatic carbocycles. The van der Waals surface area contributed by atoms with E-state index in [0.29, 0.717) is 5.69 Å². The number of fused-ring (bicyclic) bond motifs is 1. The summed E-state index contributed by atoms with van der Waals surface area (Å²) in [5.41, 5.74) is 2.33. The Morgan fingerprint density at radius 3 is 2.75 bits per heavy atom. The molecule has 2 aromatic heterocycles. The third kappa shape index (κ3) is 2.02. The summed E-state index contributed by atoms with van der Waals surface area (Å²) in [5.74, 6) is -0.303. The van der Waals surface area contributed by atoms with Crippen molar-refractivity contribution in [2.24, 2.45) is 0 Å². The number of ketones is 1. The summed E-state index contributed by atoms with van der Waals surface area (Å²) in [6, 6.07) is 13.1. The van der Waals surface area contributed by atoms with Crippen molar-refractivity contribution in [2.75, 3.05) is 0 Å². The molecule has 0 bridgehead atoms. The van der Waals surface area contributed by atoms with Crippen LogP contribution in [0.2, 0.25) is 0 Å². The van der Waals surface area contributed by atoms with Crippen LogP contribution in [0, 0.1) is 11.3 Å². The molecule has 20 heavy (non-hydrogen) atoms. The van der Waals surface area contributed by atoms with Crippen molar-refractivity contribution in [1.82, 2.24) is 9.97 Å². The van der Waals surface area contributed by atoms with Crippen LogP contribution in [0.1, 0.15) is 16.1 Å². The van der Waals surface area contributed by atoms with Gasteiger partial charge in [0.2, 0.25) is 5.78 Å². The van der Waals surface area contributed by atoms with E-state index in [4.69, 9.17) is 0 Å². The third-order valence-corrected chi connectivity index (χ3v) is 3.13. The minimum atomic E-state index is -0.303. The molecular weight excluding hydrogens is 250 g/mol. The Balaban J connectivity index is 2.05. The summed E-state index contributed by atoms with van der Waals surface area (Å²) in [6.07, 6.45) is 5.07. The summed E-state index contributed by atoms with van der Waals surface area (Å²) < 4.78 is 0. The van der Waals surface area contributed by atoms with E-state index >= 15 is 0 Å². The number of para-hydroxylation sites is 1. The van der Waals surface area contributed by atoms with Gasteiger partial charge in [0.05, 0.1) is 5.69 Å². The Labute approximate surface area is 115 Å². The van der Waals surface area contributed by atoms with Gasteiger partial charge in [0.1, 0.15) is 11.6 Å². The quantitative estimate of drug-likeness (QED) is 0.431. The van der Waals surface area contributed by atoms with Gasteiger partial charge in [0, 0.05) is 28.9 Å². The molecule has 0 amide bonds. The first-order valence-corrected chi connectivity index (χ1v) is 6.15. The molecule has 2 N–H and O–H groups in total. The number of carbonyl (C=O) groups excluding carboxylic acids is 1. The molecule has 0 spiro atoms. The Morgan fingerprint density at radius 1 is 1.15 bits per heavy atom. The minimum Gasteiger partial charge on any atom is -0.361 e. The van der Waals surface area contributed by atoms with E-state index in [1.807, 2.05) is 30.3 Å². The van der Waals surface area contributed by atoms with Crippen LogP contribution in [-0.4, -0.2) is 15.8 Å². The van der Waals surface area contributed by atoms with Crippen LogP contribution in [-0.2, 0) is 0 Å². The summed E-state index contributed by atoms with van der Waals surface area (Å²) in [6.45, 7) is 0. The summed E-state index contributed by atoms with van der Waals surface area (Å²) in [7, 11) is 0. The van der Waals surface area contributed by atoms with Gasteiger partial charge < -0.3 is 9.97 Å². The van der Waals surface area contributed by atoms with E-state index in [-0.39, 0.29) is 11.4 Å². The topological polar surface area (TPSA) is 72.4 Å². The Kier molecular flexibility index (Phi) is 2.94. The van der Waals surface area contributed by atoms with Gasteiger partial charge in [0.25, 0.3) is 0 Å². The number of aromatic amines is 2. The number of aromatic nitrogens is 2. The van der Waals surface area contributed by atoms with Gasteiger partial charge in [-0.1, -0.05) is 18.2 Å². The first-order chi connectivity index (χ1) is 9.79. The van der Waals surface area contributed by atoms with Crippen LogP contribution < -0.4 is 0 Å². The summed E-state index contributed by atoms with van der Waals surface area (Å²) in [4.78, 5) is 18.1. The summed E-state index contributed by atoms with van der Waals surface area (Å²) >= 11 is 0. The van der Waals surface area contributed by atoms with Gasteiger partial charge in [-0.3, -0.25) is 4.79 Å². The number of rotatable bonds is 3. The largest absolute Gasteiger partial charge is 0.361 e. The predicted molar refractivity (Wildman–Crippen MR) is 77.0 cm³/mol. The minimum absolute atomic E-state index is 0.109. The molecule has 3 aromatic rings. The molecule has 4 nitrogen and oxygen atoms in total. The molecule has 0 atom stereocenters. The molecule has 0 fully saturated rings. The van der Waals surface area contributed by atoms with Crippen LogP contribution in [0.15, 0.2) is 54.4 Å². The van der Waals surface area contributed by atoms with Gasteiger partial charge in [-0.15, -0.1) is 0 Å². The lowest BCUT2D eigenvalue weighted by Gasteiger charge is -1.96. The van der Waals surface area contributed by atoms with Gasteiger partial charge in [-0.05, 0) is 24.3 Å². The van der Waals surface area contributed by atoms with Crippen molar-refractivity contribution in [3.8, 4) is 6.07 Å². The van der Waals surface area contributed by atoms with E-state index in [1.54, 1.807) is 30.6 Å². The molecule has 0 aliphatic rings. The predicted octanol–water partition coefficient (Wildman–Crippen LogP) is 3.29. The zero-order chi connectivity index (χ0) is 13.9. The van der Waals surface area contributed by atoms with Crippen molar-refractivity contribution in [3.63, 3.8) is 0 Å². The molecule has 4 heteroatoms. The number of H-pyrrole nitrogens is 2. The monoisotopic (exact) mass is 261 g/mol. The number of nitrogens with one attached hydrogen (secondary N) is 2. The zero-order valence-electron chi connectivity index (χ0n) is 10.6. The van der Waals surface area contributed by atoms with Gasteiger partial charge in [-0.2, -0.15) is 5.26 Å². The molecule has 0 saturated carbocycles. The maximum atomic E-state index is 12.2. The number of hydrogen-bond donors (Lipinski definition) is 2. The molecule has 96 valence electrons. The highest BCUT2D eigenvalue weighted by Gasteiger charge is 2.13. The van der Waals surface area contributed by atoms with Crippen molar-refractivity contribution < 1.29 is 4.79 Å². The summed E-state index contributed by atoms with van der Waals surface area (Å²) in [5, 5.41) is 10.2. The molecule has 2 heterocycles.